The van der Waals surface area contributed by atoms with Crippen molar-refractivity contribution in [3.05, 3.63) is 29.8 Å². The van der Waals surface area contributed by atoms with Crippen LogP contribution in [0.5, 0.6) is 0 Å². The average molecular weight is 383 g/mol. The Morgan fingerprint density at radius 1 is 0.786 bits per heavy atom. The molecule has 0 spiro atoms. The predicted molar refractivity (Wildman–Crippen MR) is 110 cm³/mol. The molecule has 1 aromatic carbocycles. The molecule has 0 atom stereocenters. The summed E-state index contributed by atoms with van der Waals surface area (Å²) in [6, 6.07) is 7.83. The number of hydrogen-bond donors (Lipinski definition) is 0. The molecule has 28 heavy (non-hydrogen) atoms. The summed E-state index contributed by atoms with van der Waals surface area (Å²) in [4.78, 5) is 31.2. The first kappa shape index (κ1) is 18.8. The van der Waals surface area contributed by atoms with Gasteiger partial charge in [0.25, 0.3) is 5.91 Å². The number of piperidine rings is 1. The van der Waals surface area contributed by atoms with Crippen molar-refractivity contribution in [2.75, 3.05) is 50.8 Å². The third-order valence-corrected chi connectivity index (χ3v) is 5.85. The summed E-state index contributed by atoms with van der Waals surface area (Å²) >= 11 is 0. The molecule has 0 aromatic heterocycles. The number of hydrogen-bond acceptors (Lipinski definition) is 4. The maximum Gasteiger partial charge on any atom is 0.320 e. The Labute approximate surface area is 166 Å². The Morgan fingerprint density at radius 2 is 1.39 bits per heavy atom. The number of benzene rings is 1. The van der Waals surface area contributed by atoms with Crippen LogP contribution in [0.2, 0.25) is 0 Å². The number of nitrogens with zero attached hydrogens (tertiary/aromatic N) is 5. The van der Waals surface area contributed by atoms with Crippen molar-refractivity contribution >= 4 is 23.3 Å². The minimum Gasteiger partial charge on any atom is -0.335 e. The number of urea groups is 1. The van der Waals surface area contributed by atoms with Crippen LogP contribution >= 0.6 is 0 Å². The Kier molecular flexibility index (Phi) is 5.50. The van der Waals surface area contributed by atoms with Crippen LogP contribution in [0.4, 0.5) is 10.5 Å². The van der Waals surface area contributed by atoms with E-state index in [4.69, 9.17) is 0 Å². The first-order chi connectivity index (χ1) is 13.6. The number of carbonyl (C=O) groups is 2. The molecule has 3 amide bonds. The van der Waals surface area contributed by atoms with Crippen LogP contribution < -0.4 is 5.01 Å². The van der Waals surface area contributed by atoms with Gasteiger partial charge in [-0.3, -0.25) is 9.80 Å². The number of amides is 3. The fourth-order valence-electron chi connectivity index (χ4n) is 4.11. The van der Waals surface area contributed by atoms with E-state index in [1.807, 2.05) is 50.9 Å². The van der Waals surface area contributed by atoms with Gasteiger partial charge in [0.2, 0.25) is 0 Å². The Balaban J connectivity index is 1.32. The summed E-state index contributed by atoms with van der Waals surface area (Å²) in [6.07, 6.45) is 4.40. The molecule has 0 aliphatic carbocycles. The molecule has 7 heteroatoms. The van der Waals surface area contributed by atoms with E-state index < -0.39 is 0 Å². The molecule has 2 fully saturated rings. The molecular weight excluding hydrogens is 354 g/mol. The monoisotopic (exact) mass is 383 g/mol. The van der Waals surface area contributed by atoms with E-state index >= 15 is 0 Å². The van der Waals surface area contributed by atoms with Gasteiger partial charge in [-0.1, -0.05) is 0 Å². The van der Waals surface area contributed by atoms with Gasteiger partial charge in [0.1, 0.15) is 0 Å². The Morgan fingerprint density at radius 3 is 2.00 bits per heavy atom. The van der Waals surface area contributed by atoms with Gasteiger partial charge in [-0.15, -0.1) is 0 Å². The van der Waals surface area contributed by atoms with Crippen LogP contribution in [0.25, 0.3) is 0 Å². The van der Waals surface area contributed by atoms with Crippen molar-refractivity contribution in [3.8, 4) is 0 Å². The molecular formula is C21H29N5O2. The quantitative estimate of drug-likeness (QED) is 0.789. The standard InChI is InChI=1S/C21H29N5O2/c1-17-9-12-26(22-17)19-7-5-18(6-8-19)20(27)23-13-15-25(16-14-23)21(28)24-10-3-2-4-11-24/h5-8H,2-4,9-16H2,1H3. The third-order valence-electron chi connectivity index (χ3n) is 5.85. The summed E-state index contributed by atoms with van der Waals surface area (Å²) in [5.74, 6) is 0.0396. The fraction of sp³-hybridized carbons (Fsp3) is 0.571. The maximum absolute atomic E-state index is 12.8. The second-order valence-electron chi connectivity index (χ2n) is 7.86. The maximum atomic E-state index is 12.8. The molecule has 3 heterocycles. The normalized spacial score (nSPS) is 20.4. The lowest BCUT2D eigenvalue weighted by atomic mass is 10.1. The lowest BCUT2D eigenvalue weighted by molar-refractivity contribution is 0.0633. The molecule has 4 rings (SSSR count). The lowest BCUT2D eigenvalue weighted by Crippen LogP contribution is -2.54. The van der Waals surface area contributed by atoms with Gasteiger partial charge in [-0.25, -0.2) is 4.79 Å². The second-order valence-corrected chi connectivity index (χ2v) is 7.86. The van der Waals surface area contributed by atoms with E-state index in [1.54, 1.807) is 0 Å². The van der Waals surface area contributed by atoms with Crippen molar-refractivity contribution in [2.45, 2.75) is 32.6 Å². The third kappa shape index (κ3) is 3.98. The van der Waals surface area contributed by atoms with Gasteiger partial charge < -0.3 is 14.7 Å². The van der Waals surface area contributed by atoms with Crippen LogP contribution in [0.1, 0.15) is 43.0 Å². The molecule has 1 aromatic rings. The van der Waals surface area contributed by atoms with Crippen LogP contribution in [0, 0.1) is 0 Å². The lowest BCUT2D eigenvalue weighted by Gasteiger charge is -2.38. The number of likely N-dealkylation sites (tertiary alicyclic amines) is 1. The van der Waals surface area contributed by atoms with Crippen LogP contribution in [-0.2, 0) is 0 Å². The zero-order valence-corrected chi connectivity index (χ0v) is 16.6. The average Bonchev–Trinajstić information content (AvgIpc) is 3.20. The number of anilines is 1. The topological polar surface area (TPSA) is 59.5 Å². The van der Waals surface area contributed by atoms with Crippen molar-refractivity contribution in [1.29, 1.82) is 0 Å². The number of hydrazone groups is 1. The highest BCUT2D eigenvalue weighted by Crippen LogP contribution is 2.21. The van der Waals surface area contributed by atoms with Crippen LogP contribution in [0.15, 0.2) is 29.4 Å². The largest absolute Gasteiger partial charge is 0.335 e. The summed E-state index contributed by atoms with van der Waals surface area (Å²) in [6.45, 7) is 7.07. The number of piperazine rings is 1. The molecule has 3 aliphatic heterocycles. The van der Waals surface area contributed by atoms with E-state index in [-0.39, 0.29) is 11.9 Å². The molecule has 0 N–H and O–H groups in total. The molecule has 0 bridgehead atoms. The number of carbonyl (C=O) groups excluding carboxylic acids is 2. The van der Waals surface area contributed by atoms with Crippen molar-refractivity contribution in [2.24, 2.45) is 5.10 Å². The fourth-order valence-corrected chi connectivity index (χ4v) is 4.11. The van der Waals surface area contributed by atoms with Gasteiger partial charge in [-0.05, 0) is 50.5 Å². The summed E-state index contributed by atoms with van der Waals surface area (Å²) in [5, 5.41) is 6.48. The summed E-state index contributed by atoms with van der Waals surface area (Å²) < 4.78 is 0. The van der Waals surface area contributed by atoms with E-state index in [1.165, 1.54) is 6.42 Å². The summed E-state index contributed by atoms with van der Waals surface area (Å²) in [5.41, 5.74) is 2.85. The summed E-state index contributed by atoms with van der Waals surface area (Å²) in [7, 11) is 0. The highest BCUT2D eigenvalue weighted by atomic mass is 16.2. The molecule has 3 aliphatic rings. The smallest absolute Gasteiger partial charge is 0.320 e. The van der Waals surface area contributed by atoms with E-state index in [2.05, 4.69) is 5.10 Å². The highest BCUT2D eigenvalue weighted by molar-refractivity contribution is 5.95. The molecule has 150 valence electrons. The van der Waals surface area contributed by atoms with Gasteiger partial charge in [-0.2, -0.15) is 5.10 Å². The first-order valence-corrected chi connectivity index (χ1v) is 10.4. The Hall–Kier alpha value is -2.57. The zero-order chi connectivity index (χ0) is 19.5. The minimum absolute atomic E-state index is 0.0396. The van der Waals surface area contributed by atoms with Crippen molar-refractivity contribution in [1.82, 2.24) is 14.7 Å². The SMILES string of the molecule is CC1=NN(c2ccc(C(=O)N3CCN(C(=O)N4CCCCC4)CC3)cc2)CC1. The molecule has 0 radical (unpaired) electrons. The molecule has 7 nitrogen and oxygen atoms in total. The molecule has 0 unspecified atom stereocenters. The van der Waals surface area contributed by atoms with Crippen molar-refractivity contribution in [3.63, 3.8) is 0 Å². The minimum atomic E-state index is 0.0396. The van der Waals surface area contributed by atoms with E-state index in [9.17, 15) is 9.59 Å². The predicted octanol–water partition coefficient (Wildman–Crippen LogP) is 2.64. The number of rotatable bonds is 2. The second kappa shape index (κ2) is 8.20. The Bertz CT molecular complexity index is 747. The van der Waals surface area contributed by atoms with E-state index in [0.717, 1.165) is 50.3 Å². The highest BCUT2D eigenvalue weighted by Gasteiger charge is 2.28. The van der Waals surface area contributed by atoms with Gasteiger partial charge >= 0.3 is 6.03 Å². The van der Waals surface area contributed by atoms with Gasteiger partial charge in [0, 0.05) is 63.5 Å². The molecule has 0 saturated carbocycles. The zero-order valence-electron chi connectivity index (χ0n) is 16.6. The first-order valence-electron chi connectivity index (χ1n) is 10.4. The van der Waals surface area contributed by atoms with Gasteiger partial charge in [0.15, 0.2) is 0 Å². The van der Waals surface area contributed by atoms with Crippen LogP contribution in [-0.4, -0.2) is 78.2 Å². The van der Waals surface area contributed by atoms with Crippen molar-refractivity contribution < 1.29 is 9.59 Å². The van der Waals surface area contributed by atoms with E-state index in [0.29, 0.717) is 31.7 Å². The molecule has 2 saturated heterocycles. The van der Waals surface area contributed by atoms with Crippen LogP contribution in [0.3, 0.4) is 0 Å². The van der Waals surface area contributed by atoms with Gasteiger partial charge in [0.05, 0.1) is 5.69 Å².